The molecule has 6 heteroatoms. The molecule has 1 saturated heterocycles. The molecule has 1 aliphatic heterocycles. The highest BCUT2D eigenvalue weighted by Gasteiger charge is 2.33. The third-order valence-corrected chi connectivity index (χ3v) is 3.87. The van der Waals surface area contributed by atoms with Gasteiger partial charge in [-0.15, -0.1) is 0 Å². The maximum atomic E-state index is 13.0. The number of aliphatic hydroxyl groups is 1. The molecule has 0 unspecified atom stereocenters. The molecule has 120 valence electrons. The largest absolute Gasteiger partial charge is 0.416 e. The van der Waals surface area contributed by atoms with E-state index in [9.17, 15) is 23.1 Å². The van der Waals surface area contributed by atoms with Crippen LogP contribution in [0.5, 0.6) is 0 Å². The van der Waals surface area contributed by atoms with Crippen molar-refractivity contribution >= 4 is 11.5 Å². The molecular formula is C16H18F3NO2. The first-order valence-electron chi connectivity index (χ1n) is 7.11. The number of amides is 1. The predicted octanol–water partition coefficient (Wildman–Crippen LogP) is 3.09. The second kappa shape index (κ2) is 6.52. The zero-order chi connectivity index (χ0) is 16.3. The minimum absolute atomic E-state index is 0.00287. The summed E-state index contributed by atoms with van der Waals surface area (Å²) in [5.41, 5.74) is -0.485. The zero-order valence-corrected chi connectivity index (χ0v) is 12.2. The van der Waals surface area contributed by atoms with Gasteiger partial charge in [-0.05, 0) is 37.0 Å². The topological polar surface area (TPSA) is 40.5 Å². The standard InChI is InChI=1S/C16H18F3NO2/c1-11(9-15(22)20-8-4-5-12(20)10-21)13-6-2-3-7-14(13)16(17,18)19/h2-3,6-7,9,12,21H,4-5,8,10H2,1H3/b11-9-/t12-/m1/s1. The van der Waals surface area contributed by atoms with Crippen LogP contribution >= 0.6 is 0 Å². The number of carbonyl (C=O) groups excluding carboxylic acids is 1. The number of hydrogen-bond acceptors (Lipinski definition) is 2. The lowest BCUT2D eigenvalue weighted by molar-refractivity contribution is -0.137. The molecule has 3 nitrogen and oxygen atoms in total. The van der Waals surface area contributed by atoms with E-state index in [-0.39, 0.29) is 29.7 Å². The van der Waals surface area contributed by atoms with Crippen LogP contribution in [0.15, 0.2) is 30.3 Å². The fourth-order valence-corrected chi connectivity index (χ4v) is 2.74. The lowest BCUT2D eigenvalue weighted by Gasteiger charge is -2.22. The molecule has 2 rings (SSSR count). The minimum atomic E-state index is -4.46. The van der Waals surface area contributed by atoms with Gasteiger partial charge >= 0.3 is 6.18 Å². The van der Waals surface area contributed by atoms with E-state index in [1.54, 1.807) is 0 Å². The molecule has 22 heavy (non-hydrogen) atoms. The van der Waals surface area contributed by atoms with Gasteiger partial charge in [-0.3, -0.25) is 4.79 Å². The second-order valence-electron chi connectivity index (χ2n) is 5.38. The molecule has 0 spiro atoms. The average Bonchev–Trinajstić information content (AvgIpc) is 2.94. The predicted molar refractivity (Wildman–Crippen MR) is 76.9 cm³/mol. The van der Waals surface area contributed by atoms with Crippen molar-refractivity contribution in [3.05, 3.63) is 41.5 Å². The summed E-state index contributed by atoms with van der Waals surface area (Å²) in [4.78, 5) is 13.7. The molecule has 0 saturated carbocycles. The molecule has 1 aromatic carbocycles. The van der Waals surface area contributed by atoms with Crippen LogP contribution in [-0.4, -0.2) is 35.1 Å². The van der Waals surface area contributed by atoms with Crippen LogP contribution < -0.4 is 0 Å². The van der Waals surface area contributed by atoms with Gasteiger partial charge in [-0.2, -0.15) is 13.2 Å². The molecule has 0 bridgehead atoms. The van der Waals surface area contributed by atoms with Gasteiger partial charge in [0.25, 0.3) is 0 Å². The number of allylic oxidation sites excluding steroid dienone is 1. The Labute approximate surface area is 127 Å². The number of rotatable bonds is 3. The highest BCUT2D eigenvalue weighted by Crippen LogP contribution is 2.34. The van der Waals surface area contributed by atoms with Crippen molar-refractivity contribution in [2.75, 3.05) is 13.2 Å². The number of carbonyl (C=O) groups is 1. The number of aliphatic hydroxyl groups excluding tert-OH is 1. The fraction of sp³-hybridized carbons (Fsp3) is 0.438. The van der Waals surface area contributed by atoms with Crippen molar-refractivity contribution < 1.29 is 23.1 Å². The van der Waals surface area contributed by atoms with E-state index in [0.29, 0.717) is 13.0 Å². The summed E-state index contributed by atoms with van der Waals surface area (Å²) < 4.78 is 39.0. The smallest absolute Gasteiger partial charge is 0.394 e. The number of benzene rings is 1. The normalized spacial score (nSPS) is 19.6. The van der Waals surface area contributed by atoms with E-state index in [2.05, 4.69) is 0 Å². The maximum Gasteiger partial charge on any atom is 0.416 e. The number of nitrogens with zero attached hydrogens (tertiary/aromatic N) is 1. The molecule has 0 aromatic heterocycles. The SMILES string of the molecule is C/C(=C/C(=O)N1CCC[C@@H]1CO)c1ccccc1C(F)(F)F. The summed E-state index contributed by atoms with van der Waals surface area (Å²) in [6, 6.07) is 4.95. The van der Waals surface area contributed by atoms with Crippen LogP contribution in [0, 0.1) is 0 Å². The molecule has 1 N–H and O–H groups in total. The van der Waals surface area contributed by atoms with Gasteiger partial charge < -0.3 is 10.0 Å². The first-order valence-corrected chi connectivity index (χ1v) is 7.11. The highest BCUT2D eigenvalue weighted by molar-refractivity contribution is 5.95. The van der Waals surface area contributed by atoms with E-state index in [1.807, 2.05) is 0 Å². The van der Waals surface area contributed by atoms with Crippen LogP contribution in [0.25, 0.3) is 5.57 Å². The Morgan fingerprint density at radius 1 is 1.41 bits per heavy atom. The Bertz CT molecular complexity index is 581. The number of alkyl halides is 3. The maximum absolute atomic E-state index is 13.0. The Morgan fingerprint density at radius 2 is 2.09 bits per heavy atom. The van der Waals surface area contributed by atoms with Crippen molar-refractivity contribution in [1.82, 2.24) is 4.90 Å². The first-order chi connectivity index (χ1) is 10.3. The Hall–Kier alpha value is -1.82. The van der Waals surface area contributed by atoms with Gasteiger partial charge in [0, 0.05) is 12.6 Å². The van der Waals surface area contributed by atoms with Crippen LogP contribution in [0.1, 0.15) is 30.9 Å². The third kappa shape index (κ3) is 3.50. The molecule has 1 fully saturated rings. The molecule has 1 amide bonds. The van der Waals surface area contributed by atoms with Crippen molar-refractivity contribution in [1.29, 1.82) is 0 Å². The van der Waals surface area contributed by atoms with Crippen LogP contribution in [-0.2, 0) is 11.0 Å². The molecule has 0 aliphatic carbocycles. The highest BCUT2D eigenvalue weighted by atomic mass is 19.4. The fourth-order valence-electron chi connectivity index (χ4n) is 2.74. The van der Waals surface area contributed by atoms with Crippen molar-refractivity contribution in [2.45, 2.75) is 32.0 Å². The molecule has 1 aromatic rings. The monoisotopic (exact) mass is 313 g/mol. The molecular weight excluding hydrogens is 295 g/mol. The minimum Gasteiger partial charge on any atom is -0.394 e. The number of hydrogen-bond donors (Lipinski definition) is 1. The number of halogens is 3. The second-order valence-corrected chi connectivity index (χ2v) is 5.38. The quantitative estimate of drug-likeness (QED) is 0.871. The van der Waals surface area contributed by atoms with E-state index >= 15 is 0 Å². The van der Waals surface area contributed by atoms with Crippen LogP contribution in [0.4, 0.5) is 13.2 Å². The number of likely N-dealkylation sites (tertiary alicyclic amines) is 1. The van der Waals surface area contributed by atoms with Gasteiger partial charge in [0.1, 0.15) is 0 Å². The lowest BCUT2D eigenvalue weighted by Crippen LogP contribution is -2.36. The Kier molecular flexibility index (Phi) is 4.90. The Balaban J connectivity index is 2.28. The van der Waals surface area contributed by atoms with Gasteiger partial charge in [0.15, 0.2) is 0 Å². The summed E-state index contributed by atoms with van der Waals surface area (Å²) in [6.07, 6.45) is -1.73. The van der Waals surface area contributed by atoms with Crippen LogP contribution in [0.2, 0.25) is 0 Å². The van der Waals surface area contributed by atoms with E-state index in [4.69, 9.17) is 0 Å². The molecule has 1 aliphatic rings. The van der Waals surface area contributed by atoms with Crippen molar-refractivity contribution in [3.8, 4) is 0 Å². The lowest BCUT2D eigenvalue weighted by atomic mass is 10.00. The van der Waals surface area contributed by atoms with E-state index < -0.39 is 11.7 Å². The van der Waals surface area contributed by atoms with Gasteiger partial charge in [0.05, 0.1) is 18.2 Å². The summed E-state index contributed by atoms with van der Waals surface area (Å²) in [5, 5.41) is 9.22. The van der Waals surface area contributed by atoms with Crippen LogP contribution in [0.3, 0.4) is 0 Å². The summed E-state index contributed by atoms with van der Waals surface area (Å²) >= 11 is 0. The Morgan fingerprint density at radius 3 is 2.73 bits per heavy atom. The van der Waals surface area contributed by atoms with Gasteiger partial charge in [0.2, 0.25) is 5.91 Å². The molecule has 1 atom stereocenters. The van der Waals surface area contributed by atoms with E-state index in [1.165, 1.54) is 36.1 Å². The van der Waals surface area contributed by atoms with E-state index in [0.717, 1.165) is 12.5 Å². The summed E-state index contributed by atoms with van der Waals surface area (Å²) in [7, 11) is 0. The van der Waals surface area contributed by atoms with Gasteiger partial charge in [-0.25, -0.2) is 0 Å². The third-order valence-electron chi connectivity index (χ3n) is 3.87. The molecule has 0 radical (unpaired) electrons. The summed E-state index contributed by atoms with van der Waals surface area (Å²) in [6.45, 7) is 1.89. The zero-order valence-electron chi connectivity index (χ0n) is 12.2. The van der Waals surface area contributed by atoms with Crippen molar-refractivity contribution in [3.63, 3.8) is 0 Å². The van der Waals surface area contributed by atoms with Gasteiger partial charge in [-0.1, -0.05) is 18.2 Å². The average molecular weight is 313 g/mol. The first kappa shape index (κ1) is 16.5. The molecule has 1 heterocycles. The summed E-state index contributed by atoms with van der Waals surface area (Å²) in [5.74, 6) is -0.356. The van der Waals surface area contributed by atoms with Crippen molar-refractivity contribution in [2.24, 2.45) is 0 Å².